The minimum atomic E-state index is -4.31. The average molecular weight is 275 g/mol. The predicted molar refractivity (Wildman–Crippen MR) is 73.7 cm³/mol. The number of hydrogen-bond acceptors (Lipinski definition) is 1. The zero-order valence-electron chi connectivity index (χ0n) is 10.5. The standard InChI is InChI=1S/C16H12F3N/c17-16(18,19)14-8-5-7-13(12-14)6-1-2-9-15-10-3-4-11-20-15/h1-12H. The lowest BCUT2D eigenvalue weighted by Gasteiger charge is -2.06. The van der Waals surface area contributed by atoms with Crippen molar-refractivity contribution in [2.24, 2.45) is 0 Å². The largest absolute Gasteiger partial charge is 0.416 e. The number of halogens is 3. The van der Waals surface area contributed by atoms with Crippen molar-refractivity contribution in [3.8, 4) is 0 Å². The first-order valence-electron chi connectivity index (χ1n) is 5.99. The molecule has 0 saturated carbocycles. The number of benzene rings is 1. The second kappa shape index (κ2) is 6.19. The fourth-order valence-electron chi connectivity index (χ4n) is 1.61. The maximum Gasteiger partial charge on any atom is 0.416 e. The van der Waals surface area contributed by atoms with Gasteiger partial charge in [-0.1, -0.05) is 36.4 Å². The highest BCUT2D eigenvalue weighted by molar-refractivity contribution is 5.56. The van der Waals surface area contributed by atoms with Crippen molar-refractivity contribution in [2.45, 2.75) is 6.18 Å². The second-order valence-electron chi connectivity index (χ2n) is 4.10. The van der Waals surface area contributed by atoms with Gasteiger partial charge in [0, 0.05) is 6.20 Å². The fourth-order valence-corrected chi connectivity index (χ4v) is 1.61. The Morgan fingerprint density at radius 3 is 2.40 bits per heavy atom. The van der Waals surface area contributed by atoms with E-state index in [1.54, 1.807) is 36.6 Å². The molecule has 0 aliphatic carbocycles. The van der Waals surface area contributed by atoms with Crippen LogP contribution in [-0.2, 0) is 6.18 Å². The Kier molecular flexibility index (Phi) is 4.35. The smallest absolute Gasteiger partial charge is 0.257 e. The van der Waals surface area contributed by atoms with Crippen molar-refractivity contribution < 1.29 is 13.2 Å². The lowest BCUT2D eigenvalue weighted by Crippen LogP contribution is -2.04. The lowest BCUT2D eigenvalue weighted by molar-refractivity contribution is -0.137. The zero-order valence-corrected chi connectivity index (χ0v) is 10.5. The van der Waals surface area contributed by atoms with Crippen molar-refractivity contribution >= 4 is 12.2 Å². The Bertz CT molecular complexity index is 613. The van der Waals surface area contributed by atoms with E-state index in [1.165, 1.54) is 6.07 Å². The Labute approximate surface area is 115 Å². The van der Waals surface area contributed by atoms with E-state index in [1.807, 2.05) is 18.2 Å². The van der Waals surface area contributed by atoms with Gasteiger partial charge in [-0.3, -0.25) is 4.98 Å². The first kappa shape index (κ1) is 14.1. The number of hydrogen-bond donors (Lipinski definition) is 0. The molecule has 0 aliphatic heterocycles. The number of aromatic nitrogens is 1. The van der Waals surface area contributed by atoms with E-state index < -0.39 is 11.7 Å². The van der Waals surface area contributed by atoms with Gasteiger partial charge in [0.05, 0.1) is 11.3 Å². The van der Waals surface area contributed by atoms with Gasteiger partial charge in [0.2, 0.25) is 0 Å². The topological polar surface area (TPSA) is 12.9 Å². The highest BCUT2D eigenvalue weighted by atomic mass is 19.4. The molecule has 1 nitrogen and oxygen atoms in total. The third-order valence-electron chi connectivity index (χ3n) is 2.57. The van der Waals surface area contributed by atoms with Crippen molar-refractivity contribution in [1.29, 1.82) is 0 Å². The van der Waals surface area contributed by atoms with Crippen LogP contribution in [0.2, 0.25) is 0 Å². The van der Waals surface area contributed by atoms with Gasteiger partial charge in [0.15, 0.2) is 0 Å². The summed E-state index contributed by atoms with van der Waals surface area (Å²) in [6.07, 6.45) is 4.19. The van der Waals surface area contributed by atoms with Gasteiger partial charge < -0.3 is 0 Å². The summed E-state index contributed by atoms with van der Waals surface area (Å²) in [7, 11) is 0. The molecule has 0 N–H and O–H groups in total. The van der Waals surface area contributed by atoms with Crippen LogP contribution in [0.3, 0.4) is 0 Å². The van der Waals surface area contributed by atoms with Gasteiger partial charge in [-0.25, -0.2) is 0 Å². The normalized spacial score (nSPS) is 12.3. The predicted octanol–water partition coefficient (Wildman–Crippen LogP) is 4.83. The van der Waals surface area contributed by atoms with Crippen molar-refractivity contribution in [3.05, 3.63) is 77.6 Å². The Morgan fingerprint density at radius 2 is 1.70 bits per heavy atom. The minimum absolute atomic E-state index is 0.505. The van der Waals surface area contributed by atoms with Gasteiger partial charge in [-0.05, 0) is 35.9 Å². The third-order valence-corrected chi connectivity index (χ3v) is 2.57. The van der Waals surface area contributed by atoms with E-state index in [-0.39, 0.29) is 0 Å². The highest BCUT2D eigenvalue weighted by Gasteiger charge is 2.30. The molecule has 20 heavy (non-hydrogen) atoms. The molecule has 0 saturated heterocycles. The van der Waals surface area contributed by atoms with Crippen LogP contribution in [0, 0.1) is 0 Å². The molecule has 0 aliphatic rings. The summed E-state index contributed by atoms with van der Waals surface area (Å²) in [5, 5.41) is 0. The summed E-state index contributed by atoms with van der Waals surface area (Å²) in [5.41, 5.74) is 0.653. The third kappa shape index (κ3) is 4.09. The van der Waals surface area contributed by atoms with Gasteiger partial charge in [-0.15, -0.1) is 0 Å². The van der Waals surface area contributed by atoms with E-state index in [9.17, 15) is 13.2 Å². The number of rotatable bonds is 3. The van der Waals surface area contributed by atoms with Gasteiger partial charge in [0.25, 0.3) is 0 Å². The van der Waals surface area contributed by atoms with E-state index in [2.05, 4.69) is 4.98 Å². The molecule has 0 atom stereocenters. The Morgan fingerprint density at radius 1 is 0.900 bits per heavy atom. The van der Waals surface area contributed by atoms with Gasteiger partial charge >= 0.3 is 6.18 Å². The summed E-state index contributed by atoms with van der Waals surface area (Å²) in [4.78, 5) is 4.10. The molecule has 2 rings (SSSR count). The molecule has 0 fully saturated rings. The van der Waals surface area contributed by atoms with Crippen molar-refractivity contribution in [1.82, 2.24) is 4.98 Å². The van der Waals surface area contributed by atoms with Crippen LogP contribution < -0.4 is 0 Å². The molecule has 1 aromatic heterocycles. The van der Waals surface area contributed by atoms with Gasteiger partial charge in [-0.2, -0.15) is 13.2 Å². The maximum atomic E-state index is 12.5. The maximum absolute atomic E-state index is 12.5. The lowest BCUT2D eigenvalue weighted by atomic mass is 10.1. The molecule has 0 bridgehead atoms. The number of allylic oxidation sites excluding steroid dienone is 2. The van der Waals surface area contributed by atoms with Crippen LogP contribution in [0.5, 0.6) is 0 Å². The van der Waals surface area contributed by atoms with Gasteiger partial charge in [0.1, 0.15) is 0 Å². The molecule has 1 aromatic carbocycles. The summed E-state index contributed by atoms with van der Waals surface area (Å²) < 4.78 is 37.6. The molecular formula is C16H12F3N. The number of pyridine rings is 1. The van der Waals surface area contributed by atoms with Crippen LogP contribution in [0.1, 0.15) is 16.8 Å². The summed E-state index contributed by atoms with van der Waals surface area (Å²) in [6.45, 7) is 0. The van der Waals surface area contributed by atoms with Crippen molar-refractivity contribution in [3.63, 3.8) is 0 Å². The molecule has 0 radical (unpaired) electrons. The molecule has 2 aromatic rings. The van der Waals surface area contributed by atoms with Crippen LogP contribution in [-0.4, -0.2) is 4.98 Å². The van der Waals surface area contributed by atoms with E-state index in [4.69, 9.17) is 0 Å². The molecule has 1 heterocycles. The fraction of sp³-hybridized carbons (Fsp3) is 0.0625. The van der Waals surface area contributed by atoms with E-state index in [0.717, 1.165) is 17.8 Å². The molecule has 4 heteroatoms. The minimum Gasteiger partial charge on any atom is -0.257 e. The monoisotopic (exact) mass is 275 g/mol. The van der Waals surface area contributed by atoms with E-state index >= 15 is 0 Å². The number of alkyl halides is 3. The Hall–Kier alpha value is -2.36. The first-order valence-corrected chi connectivity index (χ1v) is 5.99. The molecule has 0 unspecified atom stereocenters. The Balaban J connectivity index is 2.07. The average Bonchev–Trinajstić information content (AvgIpc) is 2.44. The summed E-state index contributed by atoms with van der Waals surface area (Å²) >= 11 is 0. The van der Waals surface area contributed by atoms with Crippen LogP contribution >= 0.6 is 0 Å². The van der Waals surface area contributed by atoms with Crippen LogP contribution in [0.4, 0.5) is 13.2 Å². The molecule has 102 valence electrons. The van der Waals surface area contributed by atoms with Crippen LogP contribution in [0.15, 0.2) is 60.8 Å². The summed E-state index contributed by atoms with van der Waals surface area (Å²) in [6, 6.07) is 10.7. The highest BCUT2D eigenvalue weighted by Crippen LogP contribution is 2.29. The second-order valence-corrected chi connectivity index (χ2v) is 4.10. The quantitative estimate of drug-likeness (QED) is 0.731. The van der Waals surface area contributed by atoms with Crippen LogP contribution in [0.25, 0.3) is 12.2 Å². The molecular weight excluding hydrogens is 263 g/mol. The van der Waals surface area contributed by atoms with Crippen molar-refractivity contribution in [2.75, 3.05) is 0 Å². The van der Waals surface area contributed by atoms with E-state index in [0.29, 0.717) is 5.56 Å². The summed E-state index contributed by atoms with van der Waals surface area (Å²) in [5.74, 6) is 0. The molecule has 0 amide bonds. The SMILES string of the molecule is FC(F)(F)c1cccc(C=CC=Cc2ccccn2)c1. The zero-order chi connectivity index (χ0) is 14.4. The first-order chi connectivity index (χ1) is 9.55. The number of nitrogens with zero attached hydrogens (tertiary/aromatic N) is 1. The molecule has 0 spiro atoms.